The normalized spacial score (nSPS) is 9.93. The fourth-order valence-electron chi connectivity index (χ4n) is 1.07. The molecule has 5 nitrogen and oxygen atoms in total. The quantitative estimate of drug-likeness (QED) is 0.618. The van der Waals surface area contributed by atoms with E-state index in [0.29, 0.717) is 5.75 Å². The zero-order valence-electron chi connectivity index (χ0n) is 7.36. The molecule has 0 spiro atoms. The molecule has 0 aliphatic rings. The molecule has 0 radical (unpaired) electrons. The molecule has 0 aliphatic carbocycles. The van der Waals surface area contributed by atoms with Gasteiger partial charge in [0.2, 0.25) is 0 Å². The number of hydrogen-bond acceptors (Lipinski definition) is 4. The summed E-state index contributed by atoms with van der Waals surface area (Å²) in [6.45, 7) is -0.451. The number of methoxy groups -OCH3 is 1. The molecule has 0 aliphatic heterocycles. The van der Waals surface area contributed by atoms with Crippen LogP contribution in [0.25, 0.3) is 0 Å². The zero-order chi connectivity index (χ0) is 10.7. The predicted octanol–water partition coefficient (Wildman–Crippen LogP) is 1.75. The van der Waals surface area contributed by atoms with Crippen molar-refractivity contribution in [3.63, 3.8) is 0 Å². The summed E-state index contributed by atoms with van der Waals surface area (Å²) >= 11 is 5.65. The Morgan fingerprint density at radius 3 is 2.71 bits per heavy atom. The van der Waals surface area contributed by atoms with Gasteiger partial charge in [-0.1, -0.05) is 11.6 Å². The molecule has 0 fully saturated rings. The number of aliphatic hydroxyl groups excluding tert-OH is 1. The van der Waals surface area contributed by atoms with E-state index < -0.39 is 11.5 Å². The standard InChI is InChI=1S/C8H8ClNO4/c1-14-6-2-5(4-11)8(10(12)13)7(9)3-6/h2-3,11H,4H2,1H3. The van der Waals surface area contributed by atoms with Gasteiger partial charge in [-0.05, 0) is 6.07 Å². The molecule has 0 atom stereocenters. The van der Waals surface area contributed by atoms with Crippen LogP contribution in [0.4, 0.5) is 5.69 Å². The minimum Gasteiger partial charge on any atom is -0.497 e. The van der Waals surface area contributed by atoms with E-state index in [9.17, 15) is 10.1 Å². The number of hydrogen-bond donors (Lipinski definition) is 1. The maximum atomic E-state index is 10.6. The summed E-state index contributed by atoms with van der Waals surface area (Å²) in [5.41, 5.74) is -0.144. The van der Waals surface area contributed by atoms with Gasteiger partial charge in [0.1, 0.15) is 10.8 Å². The molecule has 0 saturated carbocycles. The largest absolute Gasteiger partial charge is 0.497 e. The maximum Gasteiger partial charge on any atom is 0.293 e. The van der Waals surface area contributed by atoms with E-state index in [-0.39, 0.29) is 16.3 Å². The van der Waals surface area contributed by atoms with E-state index in [1.165, 1.54) is 19.2 Å². The van der Waals surface area contributed by atoms with E-state index in [1.807, 2.05) is 0 Å². The first kappa shape index (κ1) is 10.7. The van der Waals surface area contributed by atoms with Gasteiger partial charge in [-0.25, -0.2) is 0 Å². The number of benzene rings is 1. The number of halogens is 1. The van der Waals surface area contributed by atoms with Crippen molar-refractivity contribution in [2.24, 2.45) is 0 Å². The summed E-state index contributed by atoms with van der Waals surface area (Å²) in [5.74, 6) is 0.379. The lowest BCUT2D eigenvalue weighted by atomic mass is 10.2. The van der Waals surface area contributed by atoms with Crippen LogP contribution in [0.3, 0.4) is 0 Å². The van der Waals surface area contributed by atoms with Crippen LogP contribution in [0.2, 0.25) is 5.02 Å². The summed E-state index contributed by atoms with van der Waals surface area (Å²) in [4.78, 5) is 9.94. The van der Waals surface area contributed by atoms with Gasteiger partial charge in [-0.2, -0.15) is 0 Å². The Kier molecular flexibility index (Phi) is 3.27. The Morgan fingerprint density at radius 1 is 1.64 bits per heavy atom. The van der Waals surface area contributed by atoms with Crippen molar-refractivity contribution in [3.8, 4) is 5.75 Å². The molecule has 0 amide bonds. The lowest BCUT2D eigenvalue weighted by Crippen LogP contribution is -1.97. The maximum absolute atomic E-state index is 10.6. The molecule has 0 bridgehead atoms. The topological polar surface area (TPSA) is 72.6 Å². The Labute approximate surface area is 85.0 Å². The summed E-state index contributed by atoms with van der Waals surface area (Å²) < 4.78 is 4.85. The van der Waals surface area contributed by atoms with Gasteiger partial charge in [0.25, 0.3) is 5.69 Å². The third-order valence-corrected chi connectivity index (χ3v) is 1.99. The van der Waals surface area contributed by atoms with Gasteiger partial charge >= 0.3 is 0 Å². The molecule has 0 unspecified atom stereocenters. The van der Waals surface area contributed by atoms with Gasteiger partial charge < -0.3 is 9.84 Å². The van der Waals surface area contributed by atoms with E-state index in [2.05, 4.69) is 0 Å². The first-order chi connectivity index (χ1) is 6.60. The zero-order valence-corrected chi connectivity index (χ0v) is 8.11. The SMILES string of the molecule is COc1cc(Cl)c([N+](=O)[O-])c(CO)c1. The van der Waals surface area contributed by atoms with Gasteiger partial charge in [-0.3, -0.25) is 10.1 Å². The fourth-order valence-corrected chi connectivity index (χ4v) is 1.37. The highest BCUT2D eigenvalue weighted by molar-refractivity contribution is 6.33. The number of nitro groups is 1. The molecule has 0 saturated heterocycles. The predicted molar refractivity (Wildman–Crippen MR) is 50.6 cm³/mol. The molecule has 14 heavy (non-hydrogen) atoms. The number of nitrogens with zero attached hydrogens (tertiary/aromatic N) is 1. The molecule has 1 rings (SSSR count). The molecular weight excluding hydrogens is 210 g/mol. The monoisotopic (exact) mass is 217 g/mol. The van der Waals surface area contributed by atoms with Crippen molar-refractivity contribution in [1.29, 1.82) is 0 Å². The first-order valence-corrected chi connectivity index (χ1v) is 4.09. The Hall–Kier alpha value is -1.33. The van der Waals surface area contributed by atoms with E-state index in [0.717, 1.165) is 0 Å². The minimum atomic E-state index is -0.632. The van der Waals surface area contributed by atoms with Gasteiger partial charge in [-0.15, -0.1) is 0 Å². The van der Waals surface area contributed by atoms with Crippen LogP contribution in [0, 0.1) is 10.1 Å². The number of ether oxygens (including phenoxy) is 1. The second kappa shape index (κ2) is 4.26. The third kappa shape index (κ3) is 1.94. The second-order valence-corrected chi connectivity index (χ2v) is 2.94. The smallest absolute Gasteiger partial charge is 0.293 e. The third-order valence-electron chi connectivity index (χ3n) is 1.70. The average Bonchev–Trinajstić information content (AvgIpc) is 2.15. The minimum absolute atomic E-state index is 0.0431. The van der Waals surface area contributed by atoms with Crippen LogP contribution in [0.5, 0.6) is 5.75 Å². The lowest BCUT2D eigenvalue weighted by molar-refractivity contribution is -0.385. The molecule has 1 aromatic rings. The average molecular weight is 218 g/mol. The number of rotatable bonds is 3. The highest BCUT2D eigenvalue weighted by Gasteiger charge is 2.19. The van der Waals surface area contributed by atoms with Crippen molar-refractivity contribution in [3.05, 3.63) is 32.8 Å². The van der Waals surface area contributed by atoms with Crippen LogP contribution < -0.4 is 4.74 Å². The van der Waals surface area contributed by atoms with Crippen LogP contribution in [0.1, 0.15) is 5.56 Å². The highest BCUT2D eigenvalue weighted by atomic mass is 35.5. The summed E-state index contributed by atoms with van der Waals surface area (Å²) in [5, 5.41) is 19.4. The summed E-state index contributed by atoms with van der Waals surface area (Å²) in [6.07, 6.45) is 0. The van der Waals surface area contributed by atoms with E-state index >= 15 is 0 Å². The van der Waals surface area contributed by atoms with Gasteiger partial charge in [0.15, 0.2) is 0 Å². The fraction of sp³-hybridized carbons (Fsp3) is 0.250. The van der Waals surface area contributed by atoms with Crippen molar-refractivity contribution in [1.82, 2.24) is 0 Å². The molecule has 0 aromatic heterocycles. The molecule has 1 aromatic carbocycles. The Bertz CT molecular complexity index is 367. The highest BCUT2D eigenvalue weighted by Crippen LogP contribution is 2.32. The van der Waals surface area contributed by atoms with Crippen LogP contribution >= 0.6 is 11.6 Å². The summed E-state index contributed by atoms with van der Waals surface area (Å²) in [6, 6.07) is 2.71. The molecular formula is C8H8ClNO4. The molecule has 0 heterocycles. The van der Waals surface area contributed by atoms with Crippen molar-refractivity contribution in [2.75, 3.05) is 7.11 Å². The summed E-state index contributed by atoms with van der Waals surface area (Å²) in [7, 11) is 1.42. The van der Waals surface area contributed by atoms with Gasteiger partial charge in [0, 0.05) is 6.07 Å². The van der Waals surface area contributed by atoms with Gasteiger partial charge in [0.05, 0.1) is 24.2 Å². The molecule has 6 heteroatoms. The van der Waals surface area contributed by atoms with Crippen molar-refractivity contribution < 1.29 is 14.8 Å². The first-order valence-electron chi connectivity index (χ1n) is 3.71. The molecule has 76 valence electrons. The van der Waals surface area contributed by atoms with E-state index in [4.69, 9.17) is 21.4 Å². The Morgan fingerprint density at radius 2 is 2.29 bits per heavy atom. The molecule has 1 N–H and O–H groups in total. The van der Waals surface area contributed by atoms with Crippen molar-refractivity contribution >= 4 is 17.3 Å². The van der Waals surface area contributed by atoms with Crippen molar-refractivity contribution in [2.45, 2.75) is 6.61 Å². The Balaban J connectivity index is 3.34. The van der Waals surface area contributed by atoms with Crippen LogP contribution in [-0.4, -0.2) is 17.1 Å². The van der Waals surface area contributed by atoms with Crippen LogP contribution in [-0.2, 0) is 6.61 Å². The van der Waals surface area contributed by atoms with E-state index in [1.54, 1.807) is 0 Å². The lowest BCUT2D eigenvalue weighted by Gasteiger charge is -2.05. The number of nitro benzene ring substituents is 1. The van der Waals surface area contributed by atoms with Crippen LogP contribution in [0.15, 0.2) is 12.1 Å². The second-order valence-electron chi connectivity index (χ2n) is 2.53. The number of aliphatic hydroxyl groups is 1.